The van der Waals surface area contributed by atoms with Crippen molar-refractivity contribution in [2.75, 3.05) is 0 Å². The minimum absolute atomic E-state index is 0.00801. The summed E-state index contributed by atoms with van der Waals surface area (Å²) in [5.41, 5.74) is 2.15. The van der Waals surface area contributed by atoms with E-state index in [4.69, 9.17) is 0 Å². The first kappa shape index (κ1) is 10.1. The Kier molecular flexibility index (Phi) is 2.38. The van der Waals surface area contributed by atoms with Crippen molar-refractivity contribution in [1.29, 1.82) is 0 Å². The van der Waals surface area contributed by atoms with Crippen LogP contribution >= 0.6 is 15.9 Å². The molecule has 0 saturated heterocycles. The lowest BCUT2D eigenvalue weighted by Crippen LogP contribution is -2.33. The summed E-state index contributed by atoms with van der Waals surface area (Å²) in [6.07, 6.45) is 0.0160. The molecule has 0 atom stereocenters. The van der Waals surface area contributed by atoms with E-state index in [1.807, 2.05) is 25.1 Å². The van der Waals surface area contributed by atoms with Gasteiger partial charge in [0.25, 0.3) is 0 Å². The maximum Gasteiger partial charge on any atom is 0.249 e. The van der Waals surface area contributed by atoms with E-state index < -0.39 is 5.92 Å². The van der Waals surface area contributed by atoms with Crippen LogP contribution in [0.4, 0.5) is 8.78 Å². The number of aryl methyl sites for hydroxylation is 1. The molecule has 1 aromatic rings. The largest absolute Gasteiger partial charge is 0.249 e. The van der Waals surface area contributed by atoms with Crippen LogP contribution in [-0.2, 0) is 0 Å². The minimum atomic E-state index is -2.42. The molecule has 0 aliphatic heterocycles. The fourth-order valence-electron chi connectivity index (χ4n) is 1.82. The van der Waals surface area contributed by atoms with Crippen molar-refractivity contribution in [3.8, 4) is 0 Å². The molecule has 0 aromatic heterocycles. The van der Waals surface area contributed by atoms with E-state index >= 15 is 0 Å². The highest BCUT2D eigenvalue weighted by atomic mass is 79.9. The molecule has 0 heterocycles. The molecule has 0 nitrogen and oxygen atoms in total. The van der Waals surface area contributed by atoms with Gasteiger partial charge in [-0.15, -0.1) is 0 Å². The lowest BCUT2D eigenvalue weighted by molar-refractivity contribution is -0.0867. The second-order valence-corrected chi connectivity index (χ2v) is 4.82. The highest BCUT2D eigenvalue weighted by Crippen LogP contribution is 2.48. The smallest absolute Gasteiger partial charge is 0.207 e. The number of alkyl halides is 2. The van der Waals surface area contributed by atoms with Crippen molar-refractivity contribution in [3.63, 3.8) is 0 Å². The van der Waals surface area contributed by atoms with E-state index in [9.17, 15) is 8.78 Å². The van der Waals surface area contributed by atoms with E-state index in [1.54, 1.807) is 0 Å². The maximum atomic E-state index is 12.6. The molecule has 3 heteroatoms. The van der Waals surface area contributed by atoms with Gasteiger partial charge in [-0.25, -0.2) is 8.78 Å². The minimum Gasteiger partial charge on any atom is -0.207 e. The van der Waals surface area contributed by atoms with Gasteiger partial charge >= 0.3 is 0 Å². The Morgan fingerprint density at radius 2 is 2.00 bits per heavy atom. The van der Waals surface area contributed by atoms with Crippen molar-refractivity contribution < 1.29 is 8.78 Å². The summed E-state index contributed by atoms with van der Waals surface area (Å²) in [6.45, 7) is 1.98. The highest BCUT2D eigenvalue weighted by molar-refractivity contribution is 9.10. The van der Waals surface area contributed by atoms with Crippen LogP contribution in [0.15, 0.2) is 22.7 Å². The molecule has 1 aromatic carbocycles. The summed E-state index contributed by atoms with van der Waals surface area (Å²) in [5, 5.41) is 0. The quantitative estimate of drug-likeness (QED) is 0.708. The third-order valence-electron chi connectivity index (χ3n) is 2.74. The van der Waals surface area contributed by atoms with Gasteiger partial charge in [-0.2, -0.15) is 0 Å². The summed E-state index contributed by atoms with van der Waals surface area (Å²) in [4.78, 5) is 0. The molecule has 1 aliphatic rings. The zero-order valence-electron chi connectivity index (χ0n) is 7.86. The topological polar surface area (TPSA) is 0 Å². The van der Waals surface area contributed by atoms with Crippen LogP contribution in [0.5, 0.6) is 0 Å². The number of hydrogen-bond donors (Lipinski definition) is 0. The van der Waals surface area contributed by atoms with Crippen LogP contribution in [0.2, 0.25) is 0 Å². The van der Waals surface area contributed by atoms with Crippen LogP contribution in [0.3, 0.4) is 0 Å². The number of rotatable bonds is 1. The Balaban J connectivity index is 2.16. The van der Waals surface area contributed by atoms with E-state index in [0.717, 1.165) is 15.6 Å². The van der Waals surface area contributed by atoms with Gasteiger partial charge in [0.15, 0.2) is 0 Å². The predicted octanol–water partition coefficient (Wildman–Crippen LogP) is 4.27. The van der Waals surface area contributed by atoms with Crippen molar-refractivity contribution in [2.24, 2.45) is 0 Å². The molecule has 2 rings (SSSR count). The Bertz CT molecular complexity index is 352. The normalized spacial score (nSPS) is 20.6. The Morgan fingerprint density at radius 1 is 1.36 bits per heavy atom. The number of benzene rings is 1. The average Bonchev–Trinajstić information content (AvgIpc) is 2.06. The van der Waals surface area contributed by atoms with Gasteiger partial charge in [-0.1, -0.05) is 28.1 Å². The molecule has 0 spiro atoms. The monoisotopic (exact) mass is 260 g/mol. The summed E-state index contributed by atoms with van der Waals surface area (Å²) >= 11 is 3.39. The molecule has 0 unspecified atom stereocenters. The predicted molar refractivity (Wildman–Crippen MR) is 55.8 cm³/mol. The lowest BCUT2D eigenvalue weighted by atomic mass is 9.76. The third-order valence-corrected chi connectivity index (χ3v) is 3.63. The molecule has 1 fully saturated rings. The van der Waals surface area contributed by atoms with Crippen LogP contribution in [0, 0.1) is 6.92 Å². The van der Waals surface area contributed by atoms with E-state index in [0.29, 0.717) is 0 Å². The SMILES string of the molecule is Cc1cc(C2CC(F)(F)C2)ccc1Br. The van der Waals surface area contributed by atoms with Gasteiger partial charge in [0.2, 0.25) is 5.92 Å². The molecule has 0 radical (unpaired) electrons. The molecule has 14 heavy (non-hydrogen) atoms. The molecule has 1 aliphatic carbocycles. The average molecular weight is 261 g/mol. The molecular weight excluding hydrogens is 250 g/mol. The van der Waals surface area contributed by atoms with Gasteiger partial charge < -0.3 is 0 Å². The standard InChI is InChI=1S/C11H11BrF2/c1-7-4-8(2-3-10(7)12)9-5-11(13,14)6-9/h2-4,9H,5-6H2,1H3. The van der Waals surface area contributed by atoms with Gasteiger partial charge in [0.05, 0.1) is 0 Å². The van der Waals surface area contributed by atoms with Gasteiger partial charge in [-0.05, 0) is 30.0 Å². The van der Waals surface area contributed by atoms with Crippen molar-refractivity contribution in [1.82, 2.24) is 0 Å². The van der Waals surface area contributed by atoms with Crippen molar-refractivity contribution >= 4 is 15.9 Å². The zero-order valence-corrected chi connectivity index (χ0v) is 9.44. The molecule has 0 N–H and O–H groups in total. The van der Waals surface area contributed by atoms with Crippen LogP contribution in [0.1, 0.15) is 29.9 Å². The second kappa shape index (κ2) is 3.30. The third kappa shape index (κ3) is 1.83. The fraction of sp³-hybridized carbons (Fsp3) is 0.455. The summed E-state index contributed by atoms with van der Waals surface area (Å²) in [5.74, 6) is -2.37. The van der Waals surface area contributed by atoms with E-state index in [-0.39, 0.29) is 18.8 Å². The van der Waals surface area contributed by atoms with Gasteiger partial charge in [0, 0.05) is 17.3 Å². The van der Waals surface area contributed by atoms with Gasteiger partial charge in [0.1, 0.15) is 0 Å². The highest BCUT2D eigenvalue weighted by Gasteiger charge is 2.45. The Morgan fingerprint density at radius 3 is 2.50 bits per heavy atom. The van der Waals surface area contributed by atoms with Crippen molar-refractivity contribution in [3.05, 3.63) is 33.8 Å². The number of hydrogen-bond acceptors (Lipinski definition) is 0. The zero-order chi connectivity index (χ0) is 10.3. The number of halogens is 3. The first-order chi connectivity index (χ1) is 6.48. The van der Waals surface area contributed by atoms with E-state index in [1.165, 1.54) is 0 Å². The van der Waals surface area contributed by atoms with Crippen molar-refractivity contribution in [2.45, 2.75) is 31.6 Å². The summed E-state index contributed by atoms with van der Waals surface area (Å²) in [7, 11) is 0. The summed E-state index contributed by atoms with van der Waals surface area (Å²) < 4.78 is 26.3. The first-order valence-corrected chi connectivity index (χ1v) is 5.41. The van der Waals surface area contributed by atoms with Gasteiger partial charge in [-0.3, -0.25) is 0 Å². The van der Waals surface area contributed by atoms with Crippen LogP contribution in [0.25, 0.3) is 0 Å². The van der Waals surface area contributed by atoms with Crippen LogP contribution < -0.4 is 0 Å². The molecule has 76 valence electrons. The Hall–Kier alpha value is -0.440. The molecular formula is C11H11BrF2. The fourth-order valence-corrected chi connectivity index (χ4v) is 2.07. The molecule has 1 saturated carbocycles. The first-order valence-electron chi connectivity index (χ1n) is 4.62. The maximum absolute atomic E-state index is 12.6. The van der Waals surface area contributed by atoms with E-state index in [2.05, 4.69) is 15.9 Å². The second-order valence-electron chi connectivity index (χ2n) is 3.97. The molecule has 0 bridgehead atoms. The molecule has 0 amide bonds. The van der Waals surface area contributed by atoms with Crippen LogP contribution in [-0.4, -0.2) is 5.92 Å². The Labute approximate surface area is 90.4 Å². The lowest BCUT2D eigenvalue weighted by Gasteiger charge is -2.35. The summed E-state index contributed by atoms with van der Waals surface area (Å²) in [6, 6.07) is 5.85.